The molecule has 0 aromatic heterocycles. The van der Waals surface area contributed by atoms with Crippen LogP contribution in [0.4, 0.5) is 0 Å². The molecule has 0 spiro atoms. The number of hydrazone groups is 1. The van der Waals surface area contributed by atoms with Gasteiger partial charge < -0.3 is 9.47 Å². The van der Waals surface area contributed by atoms with Crippen molar-refractivity contribution in [3.05, 3.63) is 35.9 Å². The standard InChI is InChI=1S/C20H22N2O4/c1-3-25-15-8-5-12(9-16(15)26-4-2)11-21-22-19(23)17-13-6-7-14(10-13)18(17)20(22)24/h5-9,11,13-14,17-18H,3-4,10H2,1-2H3/t13-,14-,17-,18+/m0/s1. The van der Waals surface area contributed by atoms with Gasteiger partial charge in [0.1, 0.15) is 0 Å². The Bertz CT molecular complexity index is 771. The van der Waals surface area contributed by atoms with Gasteiger partial charge in [-0.25, -0.2) is 0 Å². The number of fused-ring (bicyclic) bond motifs is 5. The van der Waals surface area contributed by atoms with Gasteiger partial charge in [0.25, 0.3) is 11.8 Å². The van der Waals surface area contributed by atoms with Crippen molar-refractivity contribution in [2.24, 2.45) is 28.8 Å². The smallest absolute Gasteiger partial charge is 0.254 e. The molecule has 0 N–H and O–H groups in total. The zero-order chi connectivity index (χ0) is 18.3. The van der Waals surface area contributed by atoms with Crippen LogP contribution in [-0.2, 0) is 9.59 Å². The topological polar surface area (TPSA) is 68.2 Å². The highest BCUT2D eigenvalue weighted by atomic mass is 16.5. The van der Waals surface area contributed by atoms with Crippen LogP contribution >= 0.6 is 0 Å². The minimum Gasteiger partial charge on any atom is -0.490 e. The molecule has 6 heteroatoms. The lowest BCUT2D eigenvalue weighted by molar-refractivity contribution is -0.140. The molecular weight excluding hydrogens is 332 g/mol. The van der Waals surface area contributed by atoms with E-state index in [-0.39, 0.29) is 35.5 Å². The monoisotopic (exact) mass is 354 g/mol. The van der Waals surface area contributed by atoms with Gasteiger partial charge >= 0.3 is 0 Å². The number of carbonyl (C=O) groups excluding carboxylic acids is 2. The maximum Gasteiger partial charge on any atom is 0.254 e. The molecule has 1 aromatic carbocycles. The van der Waals surface area contributed by atoms with Crippen molar-refractivity contribution in [1.29, 1.82) is 0 Å². The lowest BCUT2D eigenvalue weighted by Crippen LogP contribution is -2.28. The number of benzene rings is 1. The highest BCUT2D eigenvalue weighted by Crippen LogP contribution is 2.52. The van der Waals surface area contributed by atoms with Crippen LogP contribution in [-0.4, -0.2) is 36.3 Å². The average Bonchev–Trinajstić information content (AvgIpc) is 3.30. The van der Waals surface area contributed by atoms with E-state index in [4.69, 9.17) is 9.47 Å². The van der Waals surface area contributed by atoms with Gasteiger partial charge in [0, 0.05) is 0 Å². The highest BCUT2D eigenvalue weighted by Gasteiger charge is 2.59. The zero-order valence-electron chi connectivity index (χ0n) is 14.9. The third-order valence-corrected chi connectivity index (χ3v) is 5.34. The van der Waals surface area contributed by atoms with Crippen LogP contribution in [0, 0.1) is 23.7 Å². The molecule has 1 heterocycles. The Labute approximate surface area is 152 Å². The molecule has 1 saturated carbocycles. The van der Waals surface area contributed by atoms with Gasteiger partial charge in [-0.15, -0.1) is 0 Å². The average molecular weight is 354 g/mol. The minimum absolute atomic E-state index is 0.177. The molecule has 2 bridgehead atoms. The van der Waals surface area contributed by atoms with Gasteiger partial charge in [0.05, 0.1) is 31.3 Å². The zero-order valence-corrected chi connectivity index (χ0v) is 14.9. The van der Waals surface area contributed by atoms with E-state index in [9.17, 15) is 9.59 Å². The molecular formula is C20H22N2O4. The lowest BCUT2D eigenvalue weighted by atomic mass is 9.85. The van der Waals surface area contributed by atoms with Crippen LogP contribution < -0.4 is 9.47 Å². The summed E-state index contributed by atoms with van der Waals surface area (Å²) < 4.78 is 11.1. The number of nitrogens with zero attached hydrogens (tertiary/aromatic N) is 2. The summed E-state index contributed by atoms with van der Waals surface area (Å²) in [5, 5.41) is 5.25. The largest absolute Gasteiger partial charge is 0.490 e. The van der Waals surface area contributed by atoms with E-state index in [1.807, 2.05) is 26.0 Å². The molecule has 1 aromatic rings. The first kappa shape index (κ1) is 16.8. The maximum atomic E-state index is 12.6. The summed E-state index contributed by atoms with van der Waals surface area (Å²) in [7, 11) is 0. The van der Waals surface area contributed by atoms with Crippen molar-refractivity contribution in [3.8, 4) is 11.5 Å². The third-order valence-electron chi connectivity index (χ3n) is 5.34. The summed E-state index contributed by atoms with van der Waals surface area (Å²) in [6.45, 7) is 4.88. The van der Waals surface area contributed by atoms with Crippen LogP contribution in [0.15, 0.2) is 35.5 Å². The molecule has 6 nitrogen and oxygen atoms in total. The first-order valence-electron chi connectivity index (χ1n) is 9.13. The summed E-state index contributed by atoms with van der Waals surface area (Å²) in [6, 6.07) is 5.44. The number of hydrogen-bond donors (Lipinski definition) is 0. The number of hydrogen-bond acceptors (Lipinski definition) is 5. The Morgan fingerprint density at radius 2 is 1.65 bits per heavy atom. The molecule has 2 aliphatic carbocycles. The van der Waals surface area contributed by atoms with Gasteiger partial charge in [0.2, 0.25) is 0 Å². The molecule has 3 aliphatic rings. The van der Waals surface area contributed by atoms with Crippen LogP contribution in [0.2, 0.25) is 0 Å². The molecule has 4 atom stereocenters. The second kappa shape index (κ2) is 6.59. The van der Waals surface area contributed by atoms with Gasteiger partial charge in [-0.3, -0.25) is 9.59 Å². The van der Waals surface area contributed by atoms with E-state index >= 15 is 0 Å². The molecule has 0 radical (unpaired) electrons. The van der Waals surface area contributed by atoms with E-state index in [1.54, 1.807) is 6.07 Å². The molecule has 26 heavy (non-hydrogen) atoms. The van der Waals surface area contributed by atoms with E-state index < -0.39 is 0 Å². The minimum atomic E-state index is -0.228. The van der Waals surface area contributed by atoms with Crippen molar-refractivity contribution in [3.63, 3.8) is 0 Å². The Balaban J connectivity index is 1.54. The number of allylic oxidation sites excluding steroid dienone is 2. The molecule has 4 rings (SSSR count). The van der Waals surface area contributed by atoms with Crippen LogP contribution in [0.25, 0.3) is 0 Å². The van der Waals surface area contributed by atoms with Crippen LogP contribution in [0.1, 0.15) is 25.8 Å². The SMILES string of the molecule is CCOc1ccc(C=NN2C(=O)[C@@H]3[C@H](C2=O)[C@H]2C=C[C@H]3C2)cc1OCC. The Hall–Kier alpha value is -2.63. The number of rotatable bonds is 6. The quantitative estimate of drug-likeness (QED) is 0.447. The van der Waals surface area contributed by atoms with E-state index in [1.165, 1.54) is 6.21 Å². The van der Waals surface area contributed by atoms with E-state index in [0.717, 1.165) is 17.0 Å². The molecule has 0 unspecified atom stereocenters. The first-order valence-corrected chi connectivity index (χ1v) is 9.13. The summed E-state index contributed by atoms with van der Waals surface area (Å²) >= 11 is 0. The van der Waals surface area contributed by atoms with Crippen molar-refractivity contribution >= 4 is 18.0 Å². The number of imide groups is 1. The van der Waals surface area contributed by atoms with Crippen molar-refractivity contribution in [2.75, 3.05) is 13.2 Å². The van der Waals surface area contributed by atoms with Crippen molar-refractivity contribution in [1.82, 2.24) is 5.01 Å². The number of ether oxygens (including phenoxy) is 2. The second-order valence-electron chi connectivity index (χ2n) is 6.80. The summed E-state index contributed by atoms with van der Waals surface area (Å²) in [4.78, 5) is 25.3. The van der Waals surface area contributed by atoms with Crippen LogP contribution in [0.3, 0.4) is 0 Å². The van der Waals surface area contributed by atoms with Gasteiger partial charge in [-0.05, 0) is 55.9 Å². The fraction of sp³-hybridized carbons (Fsp3) is 0.450. The van der Waals surface area contributed by atoms with Gasteiger partial charge in [0.15, 0.2) is 11.5 Å². The maximum absolute atomic E-state index is 12.6. The summed E-state index contributed by atoms with van der Waals surface area (Å²) in [6.07, 6.45) is 6.60. The number of carbonyl (C=O) groups is 2. The van der Waals surface area contributed by atoms with Gasteiger partial charge in [-0.1, -0.05) is 12.2 Å². The fourth-order valence-electron chi connectivity index (χ4n) is 4.27. The Morgan fingerprint density at radius 1 is 1.04 bits per heavy atom. The highest BCUT2D eigenvalue weighted by molar-refractivity contribution is 6.06. The fourth-order valence-corrected chi connectivity index (χ4v) is 4.27. The predicted octanol–water partition coefficient (Wildman–Crippen LogP) is 2.63. The molecule has 2 amide bonds. The van der Waals surface area contributed by atoms with Gasteiger partial charge in [-0.2, -0.15) is 10.1 Å². The lowest BCUT2D eigenvalue weighted by Gasteiger charge is -2.13. The third kappa shape index (κ3) is 2.60. The number of amides is 2. The summed E-state index contributed by atoms with van der Waals surface area (Å²) in [5.41, 5.74) is 0.746. The molecule has 2 fully saturated rings. The predicted molar refractivity (Wildman–Crippen MR) is 95.9 cm³/mol. The van der Waals surface area contributed by atoms with Crippen LogP contribution in [0.5, 0.6) is 11.5 Å². The van der Waals surface area contributed by atoms with Crippen molar-refractivity contribution < 1.29 is 19.1 Å². The summed E-state index contributed by atoms with van der Waals surface area (Å²) in [5.74, 6) is 0.859. The van der Waals surface area contributed by atoms with Crippen molar-refractivity contribution in [2.45, 2.75) is 20.3 Å². The second-order valence-corrected chi connectivity index (χ2v) is 6.80. The Morgan fingerprint density at radius 3 is 2.27 bits per heavy atom. The normalized spacial score (nSPS) is 29.1. The molecule has 1 saturated heterocycles. The Kier molecular flexibility index (Phi) is 4.26. The van der Waals surface area contributed by atoms with E-state index in [0.29, 0.717) is 24.7 Å². The molecule has 1 aliphatic heterocycles. The molecule has 136 valence electrons. The first-order chi connectivity index (χ1) is 12.6. The van der Waals surface area contributed by atoms with E-state index in [2.05, 4.69) is 17.3 Å².